The summed E-state index contributed by atoms with van der Waals surface area (Å²) in [5, 5.41) is 18.6. The highest BCUT2D eigenvalue weighted by Gasteiger charge is 2.59. The first-order chi connectivity index (χ1) is 5.13. The Morgan fingerprint density at radius 2 is 1.82 bits per heavy atom. The first kappa shape index (κ1) is 7.17. The van der Waals surface area contributed by atoms with Crippen LogP contribution in [0.25, 0.3) is 5.84 Å². The molecule has 0 aromatic heterocycles. The van der Waals surface area contributed by atoms with Crippen molar-refractivity contribution in [2.75, 3.05) is 0 Å². The van der Waals surface area contributed by atoms with Crippen LogP contribution in [0, 0.1) is 0 Å². The van der Waals surface area contributed by atoms with Crippen LogP contribution < -0.4 is 5.01 Å². The van der Waals surface area contributed by atoms with Gasteiger partial charge in [0.05, 0.1) is 0 Å². The minimum Gasteiger partial charge on any atom is -0.468 e. The van der Waals surface area contributed by atoms with Gasteiger partial charge in [-0.25, -0.2) is 0 Å². The van der Waals surface area contributed by atoms with Gasteiger partial charge in [0.25, 0.3) is 5.78 Å². The molecule has 2 aliphatic heterocycles. The first-order valence-corrected chi connectivity index (χ1v) is 3.61. The van der Waals surface area contributed by atoms with Crippen LogP contribution in [-0.2, 0) is 4.79 Å². The standard InChI is InChI=1S/C6H10N2O3/c7-8-4-2(9)1-3(10)5(8)6(4)11/h2-5,7-10H,1H2. The fraction of sp³-hybridized carbons (Fsp3) is 0.833. The average Bonchev–Trinajstić information content (AvgIpc) is 1.84. The zero-order valence-electron chi connectivity index (χ0n) is 5.82. The number of hydrogen-bond donors (Lipinski definition) is 3. The molecule has 5 heteroatoms. The highest BCUT2D eigenvalue weighted by atomic mass is 16.3. The third-order valence-corrected chi connectivity index (χ3v) is 2.54. The van der Waals surface area contributed by atoms with Crippen LogP contribution in [0.2, 0.25) is 0 Å². The molecule has 4 atom stereocenters. The lowest BCUT2D eigenvalue weighted by Crippen LogP contribution is -3.28. The van der Waals surface area contributed by atoms with E-state index in [0.717, 1.165) is 0 Å². The molecule has 0 amide bonds. The Bertz CT molecular complexity index is 182. The summed E-state index contributed by atoms with van der Waals surface area (Å²) >= 11 is 0. The monoisotopic (exact) mass is 158 g/mol. The predicted octanol–water partition coefficient (Wildman–Crippen LogP) is -2.72. The molecule has 4 unspecified atom stereocenters. The van der Waals surface area contributed by atoms with E-state index in [9.17, 15) is 15.0 Å². The molecule has 0 radical (unpaired) electrons. The molecule has 0 aromatic carbocycles. The maximum atomic E-state index is 11.0. The van der Waals surface area contributed by atoms with Crippen LogP contribution in [0.4, 0.5) is 0 Å². The molecular formula is C6H10N2O3. The Morgan fingerprint density at radius 3 is 2.09 bits per heavy atom. The second-order valence-electron chi connectivity index (χ2n) is 3.18. The number of piperidine rings is 1. The van der Waals surface area contributed by atoms with Gasteiger partial charge in [-0.3, -0.25) is 4.79 Å². The van der Waals surface area contributed by atoms with E-state index in [1.165, 1.54) is 0 Å². The minimum atomic E-state index is -0.824. The molecule has 3 rings (SSSR count). The first-order valence-electron chi connectivity index (χ1n) is 3.61. The molecule has 0 aromatic rings. The third kappa shape index (κ3) is 0.709. The molecule has 5 nitrogen and oxygen atoms in total. The number of Topliss-reactive ketones (excluding diaryl/α,β-unsaturated/α-hetero) is 1. The van der Waals surface area contributed by atoms with E-state index < -0.39 is 24.3 Å². The highest BCUT2D eigenvalue weighted by Crippen LogP contribution is 2.21. The number of aliphatic hydroxyl groups is 2. The molecule has 11 heavy (non-hydrogen) atoms. The van der Waals surface area contributed by atoms with Crippen molar-refractivity contribution in [1.82, 2.24) is 0 Å². The Kier molecular flexibility index (Phi) is 1.31. The van der Waals surface area contributed by atoms with E-state index in [4.69, 9.17) is 5.84 Å². The number of hydrogen-bond acceptors (Lipinski definition) is 3. The maximum Gasteiger partial charge on any atom is 0.250 e. The lowest BCUT2D eigenvalue weighted by Gasteiger charge is -2.53. The molecule has 62 valence electrons. The second-order valence-corrected chi connectivity index (χ2v) is 3.18. The van der Waals surface area contributed by atoms with Gasteiger partial charge in [0.15, 0.2) is 12.1 Å². The van der Waals surface area contributed by atoms with Gasteiger partial charge in [0.1, 0.15) is 12.2 Å². The summed E-state index contributed by atoms with van der Waals surface area (Å²) in [6.45, 7) is 0. The Hall–Kier alpha value is -0.490. The van der Waals surface area contributed by atoms with Gasteiger partial charge in [-0.15, -0.1) is 0 Å². The number of carbonyl (C=O) groups is 1. The molecular weight excluding hydrogens is 148 g/mol. The highest BCUT2D eigenvalue weighted by molar-refractivity contribution is 5.92. The summed E-state index contributed by atoms with van der Waals surface area (Å²) in [5.41, 5.74) is 0. The fourth-order valence-corrected chi connectivity index (χ4v) is 1.91. The zero-order chi connectivity index (χ0) is 8.17. The number of quaternary nitrogens is 1. The number of ketones is 1. The van der Waals surface area contributed by atoms with Gasteiger partial charge < -0.3 is 21.1 Å². The van der Waals surface area contributed by atoms with Gasteiger partial charge in [0.2, 0.25) is 0 Å². The number of carbonyl (C=O) groups excluding carboxylic acids is 1. The van der Waals surface area contributed by atoms with E-state index in [0.29, 0.717) is 0 Å². The normalized spacial score (nSPS) is 55.5. The molecule has 2 saturated heterocycles. The summed E-state index contributed by atoms with van der Waals surface area (Å²) in [6, 6.07) is -1.19. The van der Waals surface area contributed by atoms with Crippen molar-refractivity contribution in [2.45, 2.75) is 30.7 Å². The van der Waals surface area contributed by atoms with Gasteiger partial charge >= 0.3 is 0 Å². The van der Waals surface area contributed by atoms with Crippen molar-refractivity contribution in [2.24, 2.45) is 0 Å². The summed E-state index contributed by atoms with van der Waals surface area (Å²) in [7, 11) is 0. The summed E-state index contributed by atoms with van der Waals surface area (Å²) < 4.78 is 0. The Labute approximate surface area is 63.4 Å². The Balaban J connectivity index is 2.23. The summed E-state index contributed by atoms with van der Waals surface area (Å²) in [5.74, 6) is 7.13. The number of rotatable bonds is 0. The second kappa shape index (κ2) is 2.01. The lowest BCUT2D eigenvalue weighted by atomic mass is 9.76. The summed E-state index contributed by atoms with van der Waals surface area (Å²) in [6.07, 6.45) is -1.41. The molecule has 1 saturated carbocycles. The number of fused-ring (bicyclic) bond motifs is 2. The zero-order valence-corrected chi connectivity index (χ0v) is 5.82. The van der Waals surface area contributed by atoms with Crippen molar-refractivity contribution < 1.29 is 20.0 Å². The van der Waals surface area contributed by atoms with Crippen molar-refractivity contribution in [3.63, 3.8) is 0 Å². The van der Waals surface area contributed by atoms with E-state index >= 15 is 0 Å². The van der Waals surface area contributed by atoms with E-state index in [-0.39, 0.29) is 17.2 Å². The topological polar surface area (TPSA) is 85.8 Å². The molecule has 3 aliphatic rings. The largest absolute Gasteiger partial charge is 0.468 e. The quantitative estimate of drug-likeness (QED) is 0.358. The molecule has 3 fully saturated rings. The van der Waals surface area contributed by atoms with Gasteiger partial charge in [-0.2, -0.15) is 0 Å². The van der Waals surface area contributed by atoms with Crippen LogP contribution in [0.1, 0.15) is 6.42 Å². The fourth-order valence-electron chi connectivity index (χ4n) is 1.91. The molecule has 2 bridgehead atoms. The average molecular weight is 158 g/mol. The van der Waals surface area contributed by atoms with Crippen LogP contribution in [-0.4, -0.2) is 40.3 Å². The van der Waals surface area contributed by atoms with Crippen molar-refractivity contribution >= 4 is 5.78 Å². The van der Waals surface area contributed by atoms with Crippen molar-refractivity contribution in [3.8, 4) is 0 Å². The van der Waals surface area contributed by atoms with Gasteiger partial charge in [0, 0.05) is 6.42 Å². The van der Waals surface area contributed by atoms with E-state index in [1.807, 2.05) is 0 Å². The van der Waals surface area contributed by atoms with Crippen LogP contribution in [0.15, 0.2) is 0 Å². The predicted molar refractivity (Wildman–Crippen MR) is 34.5 cm³/mol. The number of aliphatic hydroxyl groups excluding tert-OH is 2. The van der Waals surface area contributed by atoms with Crippen molar-refractivity contribution in [1.29, 1.82) is 0 Å². The smallest absolute Gasteiger partial charge is 0.250 e. The van der Waals surface area contributed by atoms with E-state index in [2.05, 4.69) is 0 Å². The molecule has 0 spiro atoms. The Morgan fingerprint density at radius 1 is 1.36 bits per heavy atom. The number of nitrogens with one attached hydrogen (secondary N) is 2. The molecule has 2 heterocycles. The van der Waals surface area contributed by atoms with Crippen LogP contribution in [0.3, 0.4) is 0 Å². The third-order valence-electron chi connectivity index (χ3n) is 2.54. The van der Waals surface area contributed by atoms with Crippen LogP contribution >= 0.6 is 0 Å². The SMILES string of the molecule is [NH-][NH+]1C2C(=O)C1C(O)CC2O. The minimum absolute atomic E-state index is 0.166. The maximum absolute atomic E-state index is 11.0. The molecule has 4 N–H and O–H groups in total. The summed E-state index contributed by atoms with van der Waals surface area (Å²) in [4.78, 5) is 11.0. The van der Waals surface area contributed by atoms with Gasteiger partial charge in [-0.05, 0) is 0 Å². The lowest BCUT2D eigenvalue weighted by molar-refractivity contribution is -0.925. The molecule has 1 aliphatic carbocycles. The van der Waals surface area contributed by atoms with Crippen LogP contribution in [0.5, 0.6) is 0 Å². The van der Waals surface area contributed by atoms with E-state index in [1.54, 1.807) is 0 Å². The van der Waals surface area contributed by atoms with Gasteiger partial charge in [-0.1, -0.05) is 0 Å². The van der Waals surface area contributed by atoms with Crippen molar-refractivity contribution in [3.05, 3.63) is 5.84 Å².